The van der Waals surface area contributed by atoms with Gasteiger partial charge in [-0.1, -0.05) is 6.92 Å². The molecule has 1 fully saturated rings. The fourth-order valence-corrected chi connectivity index (χ4v) is 3.68. The van der Waals surface area contributed by atoms with Gasteiger partial charge in [0.25, 0.3) is 0 Å². The van der Waals surface area contributed by atoms with Crippen LogP contribution in [0.25, 0.3) is 0 Å². The predicted molar refractivity (Wildman–Crippen MR) is 90.9 cm³/mol. The smallest absolute Gasteiger partial charge is 0.223 e. The molecule has 1 amide bonds. The van der Waals surface area contributed by atoms with Gasteiger partial charge in [0, 0.05) is 31.3 Å². The van der Waals surface area contributed by atoms with E-state index in [0.29, 0.717) is 38.7 Å². The fourth-order valence-electron chi connectivity index (χ4n) is 3.68. The summed E-state index contributed by atoms with van der Waals surface area (Å²) < 4.78 is 11.1. The molecule has 132 valence electrons. The topological polar surface area (TPSA) is 80.5 Å². The van der Waals surface area contributed by atoms with Gasteiger partial charge in [-0.25, -0.2) is 9.97 Å². The molecule has 1 spiro atoms. The number of nitrogens with one attached hydrogen (secondary N) is 1. The molecular formula is C18H22N4O3. The lowest BCUT2D eigenvalue weighted by atomic mass is 9.80. The summed E-state index contributed by atoms with van der Waals surface area (Å²) in [6.45, 7) is 4.99. The number of nitrogens with zero attached hydrogens (tertiary/aromatic N) is 3. The number of hydrogen-bond acceptors (Lipinski definition) is 6. The van der Waals surface area contributed by atoms with Crippen LogP contribution < -0.4 is 5.32 Å². The van der Waals surface area contributed by atoms with Crippen molar-refractivity contribution in [2.45, 2.75) is 38.3 Å². The molecule has 0 aliphatic carbocycles. The van der Waals surface area contributed by atoms with E-state index < -0.39 is 0 Å². The lowest BCUT2D eigenvalue weighted by Gasteiger charge is -2.34. The molecule has 7 nitrogen and oxygen atoms in total. The third kappa shape index (κ3) is 3.00. The second-order valence-electron chi connectivity index (χ2n) is 6.69. The zero-order valence-corrected chi connectivity index (χ0v) is 14.3. The third-order valence-electron chi connectivity index (χ3n) is 5.01. The van der Waals surface area contributed by atoms with Crippen LogP contribution in [0.15, 0.2) is 29.0 Å². The molecule has 1 N–H and O–H groups in total. The molecule has 0 aromatic carbocycles. The molecule has 0 unspecified atom stereocenters. The SMILES string of the molecule is CCC(=O)N1CC[C@]2(COCc3cnc(NCc4ccco4)nc32)C1. The number of hydrogen-bond donors (Lipinski definition) is 1. The maximum absolute atomic E-state index is 12.1. The Morgan fingerprint density at radius 3 is 3.20 bits per heavy atom. The van der Waals surface area contributed by atoms with Crippen LogP contribution in [-0.4, -0.2) is 40.5 Å². The summed E-state index contributed by atoms with van der Waals surface area (Å²) in [4.78, 5) is 23.2. The number of fused-ring (bicyclic) bond motifs is 2. The van der Waals surface area contributed by atoms with Crippen molar-refractivity contribution >= 4 is 11.9 Å². The number of likely N-dealkylation sites (tertiary alicyclic amines) is 1. The number of furan rings is 1. The van der Waals surface area contributed by atoms with Gasteiger partial charge >= 0.3 is 0 Å². The first-order valence-corrected chi connectivity index (χ1v) is 8.68. The normalized spacial score (nSPS) is 22.2. The Kier molecular flexibility index (Phi) is 4.17. The molecule has 2 aliphatic rings. The van der Waals surface area contributed by atoms with Gasteiger partial charge in [0.1, 0.15) is 5.76 Å². The van der Waals surface area contributed by atoms with Gasteiger partial charge in [0.2, 0.25) is 11.9 Å². The summed E-state index contributed by atoms with van der Waals surface area (Å²) in [6.07, 6.45) is 4.89. The minimum Gasteiger partial charge on any atom is -0.467 e. The van der Waals surface area contributed by atoms with Crippen LogP contribution in [0.2, 0.25) is 0 Å². The zero-order valence-electron chi connectivity index (χ0n) is 14.3. The molecule has 25 heavy (non-hydrogen) atoms. The van der Waals surface area contributed by atoms with Crippen molar-refractivity contribution in [3.63, 3.8) is 0 Å². The lowest BCUT2D eigenvalue weighted by Crippen LogP contribution is -2.41. The van der Waals surface area contributed by atoms with E-state index in [1.165, 1.54) is 0 Å². The third-order valence-corrected chi connectivity index (χ3v) is 5.01. The number of amides is 1. The van der Waals surface area contributed by atoms with Crippen LogP contribution in [0.3, 0.4) is 0 Å². The number of aromatic nitrogens is 2. The summed E-state index contributed by atoms with van der Waals surface area (Å²) in [5.74, 6) is 1.60. The number of anilines is 1. The van der Waals surface area contributed by atoms with Gasteiger partial charge in [-0.3, -0.25) is 4.79 Å². The molecule has 1 atom stereocenters. The van der Waals surface area contributed by atoms with Crippen LogP contribution in [-0.2, 0) is 28.1 Å². The van der Waals surface area contributed by atoms with Gasteiger partial charge < -0.3 is 19.4 Å². The van der Waals surface area contributed by atoms with Crippen molar-refractivity contribution in [3.8, 4) is 0 Å². The Bertz CT molecular complexity index is 762. The highest BCUT2D eigenvalue weighted by molar-refractivity contribution is 5.76. The van der Waals surface area contributed by atoms with Crippen molar-refractivity contribution in [2.75, 3.05) is 25.0 Å². The molecule has 1 saturated heterocycles. The number of rotatable bonds is 4. The van der Waals surface area contributed by atoms with Gasteiger partial charge in [-0.05, 0) is 18.6 Å². The van der Waals surface area contributed by atoms with Crippen molar-refractivity contribution < 1.29 is 13.9 Å². The van der Waals surface area contributed by atoms with E-state index in [2.05, 4.69) is 10.3 Å². The maximum atomic E-state index is 12.1. The molecule has 0 saturated carbocycles. The van der Waals surface area contributed by atoms with Gasteiger partial charge in [0.05, 0.1) is 37.1 Å². The Labute approximate surface area is 146 Å². The van der Waals surface area contributed by atoms with Crippen LogP contribution in [0.1, 0.15) is 36.8 Å². The van der Waals surface area contributed by atoms with E-state index in [9.17, 15) is 4.79 Å². The Balaban J connectivity index is 1.57. The second kappa shape index (κ2) is 6.48. The predicted octanol–water partition coefficient (Wildman–Crippen LogP) is 2.09. The van der Waals surface area contributed by atoms with Crippen LogP contribution in [0.4, 0.5) is 5.95 Å². The molecule has 2 aromatic rings. The highest BCUT2D eigenvalue weighted by Gasteiger charge is 2.45. The minimum absolute atomic E-state index is 0.189. The van der Waals surface area contributed by atoms with Gasteiger partial charge in [-0.15, -0.1) is 0 Å². The second-order valence-corrected chi connectivity index (χ2v) is 6.69. The lowest BCUT2D eigenvalue weighted by molar-refractivity contribution is -0.130. The van der Waals surface area contributed by atoms with Crippen molar-refractivity contribution in [1.82, 2.24) is 14.9 Å². The average molecular weight is 342 g/mol. The summed E-state index contributed by atoms with van der Waals surface area (Å²) in [7, 11) is 0. The fraction of sp³-hybridized carbons (Fsp3) is 0.500. The summed E-state index contributed by atoms with van der Waals surface area (Å²) in [5.41, 5.74) is 1.81. The van der Waals surface area contributed by atoms with Crippen molar-refractivity contribution in [1.29, 1.82) is 0 Å². The molecule has 4 rings (SSSR count). The zero-order chi connectivity index (χ0) is 17.3. The molecule has 4 heterocycles. The van der Waals surface area contributed by atoms with E-state index in [0.717, 1.165) is 30.0 Å². The molecule has 7 heteroatoms. The van der Waals surface area contributed by atoms with Crippen LogP contribution in [0, 0.1) is 0 Å². The largest absolute Gasteiger partial charge is 0.467 e. The van der Waals surface area contributed by atoms with E-state index in [-0.39, 0.29) is 11.3 Å². The summed E-state index contributed by atoms with van der Waals surface area (Å²) in [5, 5.41) is 3.21. The number of carbonyl (C=O) groups is 1. The molecule has 0 radical (unpaired) electrons. The first-order valence-electron chi connectivity index (χ1n) is 8.68. The minimum atomic E-state index is -0.220. The monoisotopic (exact) mass is 342 g/mol. The Hall–Kier alpha value is -2.41. The van der Waals surface area contributed by atoms with E-state index in [4.69, 9.17) is 14.1 Å². The molecule has 2 aromatic heterocycles. The van der Waals surface area contributed by atoms with E-state index in [1.807, 2.05) is 30.2 Å². The average Bonchev–Trinajstić information content (AvgIpc) is 3.30. The highest BCUT2D eigenvalue weighted by Crippen LogP contribution is 2.39. The van der Waals surface area contributed by atoms with Crippen molar-refractivity contribution in [3.05, 3.63) is 41.6 Å². The summed E-state index contributed by atoms with van der Waals surface area (Å²) in [6, 6.07) is 3.76. The highest BCUT2D eigenvalue weighted by atomic mass is 16.5. The standard InChI is InChI=1S/C18H22N4O3/c1-2-15(23)22-6-5-18(11-22)12-24-10-13-8-19-17(21-16(13)18)20-9-14-4-3-7-25-14/h3-4,7-8H,2,5-6,9-12H2,1H3,(H,19,20,21)/t18-/m1/s1. The summed E-state index contributed by atoms with van der Waals surface area (Å²) >= 11 is 0. The van der Waals surface area contributed by atoms with Crippen LogP contribution in [0.5, 0.6) is 0 Å². The van der Waals surface area contributed by atoms with Gasteiger partial charge in [0.15, 0.2) is 0 Å². The quantitative estimate of drug-likeness (QED) is 0.916. The Morgan fingerprint density at radius 1 is 1.48 bits per heavy atom. The maximum Gasteiger partial charge on any atom is 0.223 e. The van der Waals surface area contributed by atoms with E-state index in [1.54, 1.807) is 6.26 Å². The molecule has 2 aliphatic heterocycles. The van der Waals surface area contributed by atoms with Gasteiger partial charge in [-0.2, -0.15) is 0 Å². The van der Waals surface area contributed by atoms with Crippen LogP contribution >= 0.6 is 0 Å². The first-order chi connectivity index (χ1) is 12.2. The first kappa shape index (κ1) is 16.1. The number of carbonyl (C=O) groups excluding carboxylic acids is 1. The Morgan fingerprint density at radius 2 is 2.40 bits per heavy atom. The molecule has 0 bridgehead atoms. The van der Waals surface area contributed by atoms with Crippen molar-refractivity contribution in [2.24, 2.45) is 0 Å². The van der Waals surface area contributed by atoms with E-state index >= 15 is 0 Å². The molecular weight excluding hydrogens is 320 g/mol. The number of ether oxygens (including phenoxy) is 1.